The second-order valence-corrected chi connectivity index (χ2v) is 7.58. The standard InChI is InChI=1S/C24H22O5/c1-2-15-7-18(9-16-3-5-20-22(11-16)28-13-26-20)24(25)19(8-15)10-17-4-6-21-23(12-17)29-14-27-21/h3-6,9-12,15H,2,7-8,13-14H2,1H3/b18-9+,19-10+. The van der Waals surface area contributed by atoms with E-state index in [2.05, 4.69) is 6.92 Å². The Morgan fingerprint density at radius 2 is 1.28 bits per heavy atom. The van der Waals surface area contributed by atoms with E-state index in [1.54, 1.807) is 0 Å². The Hall–Kier alpha value is -3.21. The number of allylic oxidation sites excluding steroid dienone is 2. The lowest BCUT2D eigenvalue weighted by molar-refractivity contribution is -0.113. The van der Waals surface area contributed by atoms with E-state index in [0.717, 1.165) is 64.5 Å². The minimum absolute atomic E-state index is 0.116. The monoisotopic (exact) mass is 390 g/mol. The zero-order valence-corrected chi connectivity index (χ0v) is 16.3. The highest BCUT2D eigenvalue weighted by molar-refractivity contribution is 6.14. The van der Waals surface area contributed by atoms with Gasteiger partial charge in [-0.2, -0.15) is 0 Å². The lowest BCUT2D eigenvalue weighted by Gasteiger charge is -2.25. The number of ether oxygens (including phenoxy) is 4. The molecule has 2 aliphatic heterocycles. The van der Waals surface area contributed by atoms with E-state index in [-0.39, 0.29) is 19.4 Å². The quantitative estimate of drug-likeness (QED) is 0.691. The highest BCUT2D eigenvalue weighted by Gasteiger charge is 2.27. The van der Waals surface area contributed by atoms with Crippen molar-refractivity contribution in [3.63, 3.8) is 0 Å². The van der Waals surface area contributed by atoms with Crippen molar-refractivity contribution in [3.8, 4) is 23.0 Å². The van der Waals surface area contributed by atoms with Crippen molar-refractivity contribution in [1.29, 1.82) is 0 Å². The van der Waals surface area contributed by atoms with Gasteiger partial charge in [-0.1, -0.05) is 25.5 Å². The summed E-state index contributed by atoms with van der Waals surface area (Å²) in [5.41, 5.74) is 3.59. The molecule has 1 fully saturated rings. The highest BCUT2D eigenvalue weighted by atomic mass is 16.7. The fourth-order valence-corrected chi connectivity index (χ4v) is 4.03. The molecular weight excluding hydrogens is 368 g/mol. The number of carbonyl (C=O) groups excluding carboxylic acids is 1. The van der Waals surface area contributed by atoms with Crippen LogP contribution in [0.2, 0.25) is 0 Å². The van der Waals surface area contributed by atoms with Crippen LogP contribution in [0.15, 0.2) is 47.5 Å². The van der Waals surface area contributed by atoms with Crippen LogP contribution in [-0.2, 0) is 4.79 Å². The van der Waals surface area contributed by atoms with Crippen molar-refractivity contribution in [1.82, 2.24) is 0 Å². The van der Waals surface area contributed by atoms with Gasteiger partial charge in [0.2, 0.25) is 13.6 Å². The van der Waals surface area contributed by atoms with Crippen LogP contribution < -0.4 is 18.9 Å². The van der Waals surface area contributed by atoms with Crippen molar-refractivity contribution < 1.29 is 23.7 Å². The van der Waals surface area contributed by atoms with E-state index >= 15 is 0 Å². The Labute approximate surface area is 169 Å². The molecule has 0 unspecified atom stereocenters. The molecule has 0 bridgehead atoms. The molecule has 1 saturated carbocycles. The first-order chi connectivity index (χ1) is 14.2. The third-order valence-electron chi connectivity index (χ3n) is 5.65. The summed E-state index contributed by atoms with van der Waals surface area (Å²) in [6.45, 7) is 2.67. The van der Waals surface area contributed by atoms with Crippen molar-refractivity contribution in [2.75, 3.05) is 13.6 Å². The molecule has 2 aromatic carbocycles. The van der Waals surface area contributed by atoms with Crippen LogP contribution in [0.4, 0.5) is 0 Å². The molecule has 2 heterocycles. The molecule has 5 heteroatoms. The van der Waals surface area contributed by atoms with E-state index in [1.807, 2.05) is 48.6 Å². The molecule has 0 aromatic heterocycles. The molecule has 0 N–H and O–H groups in total. The largest absolute Gasteiger partial charge is 0.454 e. The Kier molecular flexibility index (Phi) is 4.51. The number of ketones is 1. The van der Waals surface area contributed by atoms with E-state index in [0.29, 0.717) is 5.92 Å². The van der Waals surface area contributed by atoms with Crippen molar-refractivity contribution in [3.05, 3.63) is 58.7 Å². The molecule has 0 radical (unpaired) electrons. The van der Waals surface area contributed by atoms with E-state index in [1.165, 1.54) is 0 Å². The van der Waals surface area contributed by atoms with Crippen LogP contribution in [0, 0.1) is 5.92 Å². The molecule has 1 aliphatic carbocycles. The van der Waals surface area contributed by atoms with E-state index in [9.17, 15) is 4.79 Å². The summed E-state index contributed by atoms with van der Waals surface area (Å²) in [7, 11) is 0. The lowest BCUT2D eigenvalue weighted by Crippen LogP contribution is -2.19. The first-order valence-corrected chi connectivity index (χ1v) is 9.95. The Morgan fingerprint density at radius 3 is 1.76 bits per heavy atom. The second-order valence-electron chi connectivity index (χ2n) is 7.58. The Bertz CT molecular complexity index is 954. The van der Waals surface area contributed by atoms with Gasteiger partial charge < -0.3 is 18.9 Å². The maximum atomic E-state index is 13.2. The van der Waals surface area contributed by atoms with Crippen molar-refractivity contribution in [2.24, 2.45) is 5.92 Å². The first kappa shape index (κ1) is 17.9. The minimum Gasteiger partial charge on any atom is -0.454 e. The average Bonchev–Trinajstić information content (AvgIpc) is 3.39. The summed E-state index contributed by atoms with van der Waals surface area (Å²) in [4.78, 5) is 13.2. The molecule has 0 saturated heterocycles. The molecule has 5 nitrogen and oxygen atoms in total. The number of fused-ring (bicyclic) bond motifs is 2. The number of hydrogen-bond acceptors (Lipinski definition) is 5. The van der Waals surface area contributed by atoms with Crippen LogP contribution >= 0.6 is 0 Å². The molecule has 0 spiro atoms. The van der Waals surface area contributed by atoms with Gasteiger partial charge in [0.1, 0.15) is 0 Å². The lowest BCUT2D eigenvalue weighted by atomic mass is 9.78. The van der Waals surface area contributed by atoms with Crippen LogP contribution in [-0.4, -0.2) is 19.4 Å². The number of rotatable bonds is 3. The molecule has 5 rings (SSSR count). The van der Waals surface area contributed by atoms with Gasteiger partial charge in [-0.05, 0) is 66.3 Å². The topological polar surface area (TPSA) is 54.0 Å². The van der Waals surface area contributed by atoms with Crippen molar-refractivity contribution in [2.45, 2.75) is 26.2 Å². The molecule has 3 aliphatic rings. The van der Waals surface area contributed by atoms with Gasteiger partial charge in [0.15, 0.2) is 28.8 Å². The van der Waals surface area contributed by atoms with E-state index < -0.39 is 0 Å². The third-order valence-corrected chi connectivity index (χ3v) is 5.65. The highest BCUT2D eigenvalue weighted by Crippen LogP contribution is 2.38. The predicted octanol–water partition coefficient (Wildman–Crippen LogP) is 5.00. The molecular formula is C24H22O5. The summed E-state index contributed by atoms with van der Waals surface area (Å²) in [5, 5.41) is 0. The number of hydrogen-bond donors (Lipinski definition) is 0. The fourth-order valence-electron chi connectivity index (χ4n) is 4.03. The second kappa shape index (κ2) is 7.32. The average molecular weight is 390 g/mol. The van der Waals surface area contributed by atoms with Gasteiger partial charge in [-0.15, -0.1) is 0 Å². The maximum Gasteiger partial charge on any atom is 0.231 e. The van der Waals surface area contributed by atoms with Gasteiger partial charge in [0.05, 0.1) is 0 Å². The SMILES string of the molecule is CCC1C/C(=C\c2ccc3c(c2)OCO3)C(=O)/C(=C/c2ccc3c(c2)OCO3)C1. The zero-order valence-electron chi connectivity index (χ0n) is 16.3. The first-order valence-electron chi connectivity index (χ1n) is 9.95. The van der Waals surface area contributed by atoms with Crippen LogP contribution in [0.25, 0.3) is 12.2 Å². The van der Waals surface area contributed by atoms with Gasteiger partial charge in [-0.25, -0.2) is 0 Å². The summed E-state index contributed by atoms with van der Waals surface area (Å²) >= 11 is 0. The van der Waals surface area contributed by atoms with Gasteiger partial charge in [0, 0.05) is 11.1 Å². The molecule has 2 aromatic rings. The summed E-state index contributed by atoms with van der Waals surface area (Å²) < 4.78 is 21.7. The normalized spacial score (nSPS) is 22.5. The smallest absolute Gasteiger partial charge is 0.231 e. The van der Waals surface area contributed by atoms with Crippen LogP contribution in [0.3, 0.4) is 0 Å². The van der Waals surface area contributed by atoms with Crippen molar-refractivity contribution >= 4 is 17.9 Å². The molecule has 0 atom stereocenters. The maximum absolute atomic E-state index is 13.2. The van der Waals surface area contributed by atoms with Crippen LogP contribution in [0.1, 0.15) is 37.3 Å². The van der Waals surface area contributed by atoms with Crippen LogP contribution in [0.5, 0.6) is 23.0 Å². The number of benzene rings is 2. The van der Waals surface area contributed by atoms with Gasteiger partial charge in [-0.3, -0.25) is 4.79 Å². The van der Waals surface area contributed by atoms with Gasteiger partial charge >= 0.3 is 0 Å². The van der Waals surface area contributed by atoms with Gasteiger partial charge in [0.25, 0.3) is 0 Å². The minimum atomic E-state index is 0.116. The summed E-state index contributed by atoms with van der Waals surface area (Å²) in [6, 6.07) is 11.6. The van der Waals surface area contributed by atoms with E-state index in [4.69, 9.17) is 18.9 Å². The Morgan fingerprint density at radius 1 is 0.793 bits per heavy atom. The Balaban J connectivity index is 1.46. The fraction of sp³-hybridized carbons (Fsp3) is 0.292. The third kappa shape index (κ3) is 3.48. The zero-order chi connectivity index (χ0) is 19.8. The molecule has 148 valence electrons. The predicted molar refractivity (Wildman–Crippen MR) is 109 cm³/mol. The molecule has 29 heavy (non-hydrogen) atoms. The summed E-state index contributed by atoms with van der Waals surface area (Å²) in [6.07, 6.45) is 6.59. The molecule has 0 amide bonds. The number of Topliss-reactive ketones (excluding diaryl/α,β-unsaturated/α-hetero) is 1. The number of carbonyl (C=O) groups is 1. The summed E-state index contributed by atoms with van der Waals surface area (Å²) in [5.74, 6) is 3.52.